The number of carbonyl (C=O) groups excluding carboxylic acids is 1. The maximum Gasteiger partial charge on any atom is 0.376 e. The molecule has 0 radical (unpaired) electrons. The third kappa shape index (κ3) is 4.41. The van der Waals surface area contributed by atoms with Crippen LogP contribution in [0.1, 0.15) is 27.2 Å². The van der Waals surface area contributed by atoms with Crippen molar-refractivity contribution in [1.82, 2.24) is 4.81 Å². The van der Waals surface area contributed by atoms with Gasteiger partial charge in [0.15, 0.2) is 8.32 Å². The summed E-state index contributed by atoms with van der Waals surface area (Å²) < 4.78 is 6.14. The van der Waals surface area contributed by atoms with Gasteiger partial charge in [0.1, 0.15) is 5.78 Å². The molecule has 0 aromatic rings. The van der Waals surface area contributed by atoms with Crippen LogP contribution in [0.15, 0.2) is 0 Å². The van der Waals surface area contributed by atoms with Gasteiger partial charge in [0.25, 0.3) is 0 Å². The molecule has 6 heteroatoms. The number of hydrogen-bond donors (Lipinski definition) is 1. The van der Waals surface area contributed by atoms with Gasteiger partial charge in [0.05, 0.1) is 5.92 Å². The highest BCUT2D eigenvalue weighted by Gasteiger charge is 2.39. The van der Waals surface area contributed by atoms with E-state index in [0.717, 1.165) is 0 Å². The van der Waals surface area contributed by atoms with Crippen molar-refractivity contribution < 1.29 is 14.2 Å². The minimum atomic E-state index is -1.80. The number of ketones is 1. The van der Waals surface area contributed by atoms with E-state index in [4.69, 9.17) is 4.43 Å². The second-order valence-corrected chi connectivity index (χ2v) is 11.9. The Balaban J connectivity index is 2.58. The van der Waals surface area contributed by atoms with E-state index < -0.39 is 15.4 Å². The van der Waals surface area contributed by atoms with Crippen LogP contribution in [0.4, 0.5) is 0 Å². The molecule has 1 fully saturated rings. The highest BCUT2D eigenvalue weighted by atomic mass is 28.4. The summed E-state index contributed by atoms with van der Waals surface area (Å²) in [5.74, 6) is 0.188. The van der Waals surface area contributed by atoms with E-state index in [1.54, 1.807) is 6.82 Å². The molecule has 4 nitrogen and oxygen atoms in total. The van der Waals surface area contributed by atoms with Crippen molar-refractivity contribution >= 4 is 21.2 Å². The second-order valence-electron chi connectivity index (χ2n) is 7.11. The van der Waals surface area contributed by atoms with Crippen molar-refractivity contribution in [1.29, 1.82) is 0 Å². The number of rotatable bonds is 4. The number of piperidine rings is 1. The molecule has 1 aliphatic heterocycles. The Bertz CT molecular complexity index is 328. The minimum Gasteiger partial charge on any atom is -0.437 e. The summed E-state index contributed by atoms with van der Waals surface area (Å²) in [4.78, 5) is 13.9. The van der Waals surface area contributed by atoms with Gasteiger partial charge in [0, 0.05) is 19.6 Å². The van der Waals surface area contributed by atoms with E-state index in [9.17, 15) is 9.82 Å². The Kier molecular flexibility index (Phi) is 5.40. The number of hydrogen-bond acceptors (Lipinski definition) is 4. The molecule has 0 spiro atoms. The predicted octanol–water partition coefficient (Wildman–Crippen LogP) is 2.01. The van der Waals surface area contributed by atoms with E-state index in [-0.39, 0.29) is 16.7 Å². The van der Waals surface area contributed by atoms with Gasteiger partial charge in [-0.1, -0.05) is 20.8 Å². The zero-order valence-electron chi connectivity index (χ0n) is 13.2. The molecule has 19 heavy (non-hydrogen) atoms. The van der Waals surface area contributed by atoms with Crippen LogP contribution in [0.3, 0.4) is 0 Å². The van der Waals surface area contributed by atoms with Gasteiger partial charge in [-0.05, 0) is 31.5 Å². The molecular formula is C13H28BNO3Si. The molecule has 0 aromatic heterocycles. The standard InChI is InChI=1S/C13H28BNO3Si/c1-13(2,3)19(5,6)18-10-11-9-15(14(4)17)8-7-12(11)16/h11,17H,7-10H2,1-6H3. The molecule has 1 atom stereocenters. The first kappa shape index (κ1) is 16.9. The summed E-state index contributed by atoms with van der Waals surface area (Å²) in [6, 6.07) is 0. The molecule has 1 saturated heterocycles. The molecule has 0 saturated carbocycles. The van der Waals surface area contributed by atoms with Crippen LogP contribution in [0, 0.1) is 5.92 Å². The molecule has 1 heterocycles. The van der Waals surface area contributed by atoms with Gasteiger partial charge in [-0.3, -0.25) is 4.79 Å². The Morgan fingerprint density at radius 3 is 2.53 bits per heavy atom. The zero-order chi connectivity index (χ0) is 14.8. The predicted molar refractivity (Wildman–Crippen MR) is 81.7 cm³/mol. The van der Waals surface area contributed by atoms with Crippen LogP contribution >= 0.6 is 0 Å². The van der Waals surface area contributed by atoms with Crippen LogP contribution in [0.2, 0.25) is 25.0 Å². The van der Waals surface area contributed by atoms with Crippen molar-refractivity contribution in [2.24, 2.45) is 5.92 Å². The average Bonchev–Trinajstić information content (AvgIpc) is 2.26. The van der Waals surface area contributed by atoms with Gasteiger partial charge < -0.3 is 14.3 Å². The first-order valence-electron chi connectivity index (χ1n) is 7.13. The SMILES string of the molecule is CB(O)N1CCC(=O)C(CO[Si](C)(C)C(C)(C)C)C1. The fraction of sp³-hybridized carbons (Fsp3) is 0.923. The summed E-state index contributed by atoms with van der Waals surface area (Å²) in [5.41, 5.74) is 0. The van der Waals surface area contributed by atoms with Gasteiger partial charge in [0.2, 0.25) is 0 Å². The van der Waals surface area contributed by atoms with Gasteiger partial charge in [-0.15, -0.1) is 0 Å². The lowest BCUT2D eigenvalue weighted by molar-refractivity contribution is -0.126. The summed E-state index contributed by atoms with van der Waals surface area (Å²) in [6.07, 6.45) is 0.524. The summed E-state index contributed by atoms with van der Waals surface area (Å²) in [6.45, 7) is 14.5. The lowest BCUT2D eigenvalue weighted by Gasteiger charge is -2.39. The Morgan fingerprint density at radius 1 is 1.47 bits per heavy atom. The monoisotopic (exact) mass is 285 g/mol. The molecule has 1 rings (SSSR count). The molecule has 0 amide bonds. The topological polar surface area (TPSA) is 49.8 Å². The van der Waals surface area contributed by atoms with Gasteiger partial charge >= 0.3 is 7.05 Å². The quantitative estimate of drug-likeness (QED) is 0.803. The average molecular weight is 285 g/mol. The Labute approximate surface area is 118 Å². The molecule has 0 bridgehead atoms. The Hall–Kier alpha value is -0.168. The molecule has 0 aliphatic carbocycles. The lowest BCUT2D eigenvalue weighted by Crippen LogP contribution is -2.50. The largest absolute Gasteiger partial charge is 0.437 e. The van der Waals surface area contributed by atoms with E-state index in [2.05, 4.69) is 33.9 Å². The van der Waals surface area contributed by atoms with Crippen molar-refractivity contribution in [2.75, 3.05) is 19.7 Å². The van der Waals surface area contributed by atoms with Gasteiger partial charge in [-0.25, -0.2) is 0 Å². The number of nitrogens with zero attached hydrogens (tertiary/aromatic N) is 1. The molecular weight excluding hydrogens is 257 g/mol. The third-order valence-corrected chi connectivity index (χ3v) is 9.04. The van der Waals surface area contributed by atoms with Crippen LogP contribution in [-0.4, -0.2) is 50.7 Å². The first-order valence-corrected chi connectivity index (χ1v) is 10.0. The number of Topliss-reactive ketones (excluding diaryl/α,β-unsaturated/α-hetero) is 1. The highest BCUT2D eigenvalue weighted by Crippen LogP contribution is 2.37. The molecule has 110 valence electrons. The van der Waals surface area contributed by atoms with Crippen molar-refractivity contribution in [3.05, 3.63) is 0 Å². The van der Waals surface area contributed by atoms with Crippen LogP contribution in [0.5, 0.6) is 0 Å². The van der Waals surface area contributed by atoms with Crippen LogP contribution in [-0.2, 0) is 9.22 Å². The third-order valence-electron chi connectivity index (χ3n) is 4.54. The van der Waals surface area contributed by atoms with E-state index in [0.29, 0.717) is 26.1 Å². The van der Waals surface area contributed by atoms with Crippen LogP contribution < -0.4 is 0 Å². The summed E-state index contributed by atoms with van der Waals surface area (Å²) >= 11 is 0. The van der Waals surface area contributed by atoms with Crippen molar-refractivity contribution in [3.63, 3.8) is 0 Å². The second kappa shape index (κ2) is 6.08. The Morgan fingerprint density at radius 2 is 2.05 bits per heavy atom. The first-order chi connectivity index (χ1) is 8.54. The molecule has 0 aromatic carbocycles. The fourth-order valence-electron chi connectivity index (χ4n) is 1.94. The maximum absolute atomic E-state index is 12.0. The highest BCUT2D eigenvalue weighted by molar-refractivity contribution is 6.74. The molecule has 1 N–H and O–H groups in total. The van der Waals surface area contributed by atoms with E-state index in [1.165, 1.54) is 0 Å². The smallest absolute Gasteiger partial charge is 0.376 e. The van der Waals surface area contributed by atoms with E-state index >= 15 is 0 Å². The lowest BCUT2D eigenvalue weighted by atomic mass is 9.80. The maximum atomic E-state index is 12.0. The fourth-order valence-corrected chi connectivity index (χ4v) is 3.00. The minimum absolute atomic E-state index is 0.0857. The molecule has 1 aliphatic rings. The zero-order valence-corrected chi connectivity index (χ0v) is 14.2. The van der Waals surface area contributed by atoms with Crippen molar-refractivity contribution in [3.8, 4) is 0 Å². The summed E-state index contributed by atoms with van der Waals surface area (Å²) in [7, 11) is -2.28. The van der Waals surface area contributed by atoms with Crippen molar-refractivity contribution in [2.45, 2.75) is 52.1 Å². The van der Waals surface area contributed by atoms with Gasteiger partial charge in [-0.2, -0.15) is 0 Å². The van der Waals surface area contributed by atoms with Crippen LogP contribution in [0.25, 0.3) is 0 Å². The normalized spacial score (nSPS) is 22.7. The molecule has 1 unspecified atom stereocenters. The van der Waals surface area contributed by atoms with E-state index in [1.807, 2.05) is 4.81 Å². The summed E-state index contributed by atoms with van der Waals surface area (Å²) in [5, 5.41) is 9.78. The number of carbonyl (C=O) groups is 1.